The van der Waals surface area contributed by atoms with E-state index < -0.39 is 14.8 Å². The largest absolute Gasteiger partial charge is 0.468 e. The number of sulfone groups is 1. The van der Waals surface area contributed by atoms with Crippen LogP contribution < -0.4 is 5.32 Å². The van der Waals surface area contributed by atoms with Gasteiger partial charge in [-0.05, 0) is 38.4 Å². The van der Waals surface area contributed by atoms with Gasteiger partial charge in [0, 0.05) is 18.9 Å². The predicted octanol–water partition coefficient (Wildman–Crippen LogP) is 2.31. The third-order valence-electron chi connectivity index (χ3n) is 3.57. The van der Waals surface area contributed by atoms with Gasteiger partial charge in [0.25, 0.3) is 5.69 Å². The first kappa shape index (κ1) is 18.0. The fraction of sp³-hybridized carbons (Fsp3) is 0.333. The monoisotopic (exact) mass is 353 g/mol. The number of furan rings is 1. The van der Waals surface area contributed by atoms with E-state index in [1.165, 1.54) is 12.1 Å². The standard InChI is InChI=1S/C15H19N3O5S/c1-17(2)14(15-5-4-8-23-15)10-16-12-7-6-11(24(3,21)22)9-13(12)18(19)20/h4-9,14,16H,10H2,1-3H3. The lowest BCUT2D eigenvalue weighted by Crippen LogP contribution is -2.26. The van der Waals surface area contributed by atoms with Gasteiger partial charge in [-0.25, -0.2) is 8.42 Å². The van der Waals surface area contributed by atoms with Gasteiger partial charge < -0.3 is 9.73 Å². The Labute approximate surface area is 140 Å². The van der Waals surface area contributed by atoms with Crippen molar-refractivity contribution in [1.29, 1.82) is 0 Å². The first-order valence-electron chi connectivity index (χ1n) is 7.12. The maximum absolute atomic E-state index is 11.6. The molecule has 2 aromatic rings. The highest BCUT2D eigenvalue weighted by molar-refractivity contribution is 7.90. The number of benzene rings is 1. The number of anilines is 1. The van der Waals surface area contributed by atoms with Crippen LogP contribution >= 0.6 is 0 Å². The minimum atomic E-state index is -3.51. The molecule has 0 bridgehead atoms. The molecule has 0 radical (unpaired) electrons. The minimum Gasteiger partial charge on any atom is -0.468 e. The van der Waals surface area contributed by atoms with Gasteiger partial charge in [0.1, 0.15) is 11.4 Å². The smallest absolute Gasteiger partial charge is 0.293 e. The number of nitrogens with one attached hydrogen (secondary N) is 1. The third kappa shape index (κ3) is 4.12. The van der Waals surface area contributed by atoms with Crippen molar-refractivity contribution in [2.24, 2.45) is 0 Å². The van der Waals surface area contributed by atoms with E-state index in [1.54, 1.807) is 12.3 Å². The second-order valence-electron chi connectivity index (χ2n) is 5.58. The van der Waals surface area contributed by atoms with Crippen LogP contribution in [0.5, 0.6) is 0 Å². The Morgan fingerprint density at radius 1 is 1.33 bits per heavy atom. The molecule has 1 aromatic carbocycles. The molecule has 130 valence electrons. The second-order valence-corrected chi connectivity index (χ2v) is 7.60. The van der Waals surface area contributed by atoms with Gasteiger partial charge in [0.2, 0.25) is 0 Å². The van der Waals surface area contributed by atoms with Crippen molar-refractivity contribution in [3.05, 3.63) is 52.5 Å². The quantitative estimate of drug-likeness (QED) is 0.601. The van der Waals surface area contributed by atoms with Gasteiger partial charge in [-0.2, -0.15) is 0 Å². The molecule has 2 rings (SSSR count). The number of likely N-dealkylation sites (N-methyl/N-ethyl adjacent to an activating group) is 1. The van der Waals surface area contributed by atoms with E-state index in [0.717, 1.165) is 18.1 Å². The third-order valence-corrected chi connectivity index (χ3v) is 4.69. The molecule has 1 aromatic heterocycles. The number of hydrogen-bond acceptors (Lipinski definition) is 7. The highest BCUT2D eigenvalue weighted by Crippen LogP contribution is 2.29. The van der Waals surface area contributed by atoms with Gasteiger partial charge >= 0.3 is 0 Å². The predicted molar refractivity (Wildman–Crippen MR) is 89.8 cm³/mol. The van der Waals surface area contributed by atoms with E-state index in [4.69, 9.17) is 4.42 Å². The lowest BCUT2D eigenvalue weighted by Gasteiger charge is -2.23. The Bertz CT molecular complexity index is 816. The minimum absolute atomic E-state index is 0.0880. The average Bonchev–Trinajstić information content (AvgIpc) is 3.00. The number of nitro groups is 1. The normalized spacial score (nSPS) is 13.0. The Hall–Kier alpha value is -2.39. The Balaban J connectivity index is 2.27. The van der Waals surface area contributed by atoms with Crippen molar-refractivity contribution in [3.63, 3.8) is 0 Å². The van der Waals surface area contributed by atoms with Crippen molar-refractivity contribution in [1.82, 2.24) is 4.90 Å². The molecule has 1 heterocycles. The number of rotatable bonds is 7. The number of nitrogens with zero attached hydrogens (tertiary/aromatic N) is 2. The van der Waals surface area contributed by atoms with Gasteiger partial charge in [-0.1, -0.05) is 0 Å². The number of nitro benzene ring substituents is 1. The van der Waals surface area contributed by atoms with E-state index in [1.807, 2.05) is 25.1 Å². The molecule has 1 N–H and O–H groups in total. The van der Waals surface area contributed by atoms with Crippen LogP contribution in [0.4, 0.5) is 11.4 Å². The SMILES string of the molecule is CN(C)C(CNc1ccc(S(C)(=O)=O)cc1[N+](=O)[O-])c1ccco1. The summed E-state index contributed by atoms with van der Waals surface area (Å²) in [7, 11) is 0.231. The molecule has 8 nitrogen and oxygen atoms in total. The summed E-state index contributed by atoms with van der Waals surface area (Å²) in [4.78, 5) is 12.5. The summed E-state index contributed by atoms with van der Waals surface area (Å²) in [5.74, 6) is 0.725. The van der Waals surface area contributed by atoms with Gasteiger partial charge in [0.05, 0.1) is 22.1 Å². The van der Waals surface area contributed by atoms with Crippen molar-refractivity contribution in [2.75, 3.05) is 32.2 Å². The molecule has 0 amide bonds. The van der Waals surface area contributed by atoms with Crippen molar-refractivity contribution >= 4 is 21.2 Å². The van der Waals surface area contributed by atoms with E-state index in [9.17, 15) is 18.5 Å². The van der Waals surface area contributed by atoms with E-state index in [-0.39, 0.29) is 22.3 Å². The molecule has 0 fully saturated rings. The fourth-order valence-electron chi connectivity index (χ4n) is 2.27. The molecule has 0 saturated heterocycles. The summed E-state index contributed by atoms with van der Waals surface area (Å²) in [5.41, 5.74) is -0.0271. The average molecular weight is 353 g/mol. The summed E-state index contributed by atoms with van der Waals surface area (Å²) in [6, 6.07) is 7.29. The Kier molecular flexibility index (Phi) is 5.25. The zero-order valence-electron chi connectivity index (χ0n) is 13.6. The topological polar surface area (TPSA) is 106 Å². The molecule has 24 heavy (non-hydrogen) atoms. The van der Waals surface area contributed by atoms with Crippen molar-refractivity contribution in [3.8, 4) is 0 Å². The summed E-state index contributed by atoms with van der Waals surface area (Å²) in [6.07, 6.45) is 2.58. The van der Waals surface area contributed by atoms with Crippen LogP contribution in [-0.2, 0) is 9.84 Å². The van der Waals surface area contributed by atoms with Crippen molar-refractivity contribution < 1.29 is 17.8 Å². The lowest BCUT2D eigenvalue weighted by molar-refractivity contribution is -0.384. The lowest BCUT2D eigenvalue weighted by atomic mass is 10.2. The molecule has 1 unspecified atom stereocenters. The molecule has 0 aliphatic heterocycles. The highest BCUT2D eigenvalue weighted by atomic mass is 32.2. The van der Waals surface area contributed by atoms with Gasteiger partial charge in [-0.3, -0.25) is 15.0 Å². The summed E-state index contributed by atoms with van der Waals surface area (Å²) >= 11 is 0. The van der Waals surface area contributed by atoms with E-state index >= 15 is 0 Å². The summed E-state index contributed by atoms with van der Waals surface area (Å²) < 4.78 is 28.5. The zero-order valence-corrected chi connectivity index (χ0v) is 14.4. The first-order valence-corrected chi connectivity index (χ1v) is 9.01. The molecule has 0 aliphatic rings. The maximum Gasteiger partial charge on any atom is 0.293 e. The molecule has 0 aliphatic carbocycles. The molecular formula is C15H19N3O5S. The summed E-state index contributed by atoms with van der Waals surface area (Å²) in [5, 5.41) is 14.3. The van der Waals surface area contributed by atoms with Crippen LogP contribution in [-0.4, -0.2) is 45.1 Å². The van der Waals surface area contributed by atoms with Crippen molar-refractivity contribution in [2.45, 2.75) is 10.9 Å². The van der Waals surface area contributed by atoms with Gasteiger partial charge in [0.15, 0.2) is 9.84 Å². The van der Waals surface area contributed by atoms with Crippen LogP contribution in [0.25, 0.3) is 0 Å². The van der Waals surface area contributed by atoms with E-state index in [0.29, 0.717) is 6.54 Å². The number of hydrogen-bond donors (Lipinski definition) is 1. The summed E-state index contributed by atoms with van der Waals surface area (Å²) in [6.45, 7) is 0.361. The van der Waals surface area contributed by atoms with Crippen LogP contribution in [0.3, 0.4) is 0 Å². The molecule has 9 heteroatoms. The maximum atomic E-state index is 11.6. The van der Waals surface area contributed by atoms with E-state index in [2.05, 4.69) is 5.32 Å². The molecule has 0 saturated carbocycles. The van der Waals surface area contributed by atoms with Crippen LogP contribution in [0, 0.1) is 10.1 Å². The van der Waals surface area contributed by atoms with Crippen LogP contribution in [0.2, 0.25) is 0 Å². The molecule has 1 atom stereocenters. The van der Waals surface area contributed by atoms with Crippen LogP contribution in [0.15, 0.2) is 45.9 Å². The molecule has 0 spiro atoms. The Morgan fingerprint density at radius 2 is 2.04 bits per heavy atom. The first-order chi connectivity index (χ1) is 11.2. The highest BCUT2D eigenvalue weighted by Gasteiger charge is 2.21. The Morgan fingerprint density at radius 3 is 2.54 bits per heavy atom. The second kappa shape index (κ2) is 7.02. The van der Waals surface area contributed by atoms with Gasteiger partial charge in [-0.15, -0.1) is 0 Å². The zero-order chi connectivity index (χ0) is 17.9. The van der Waals surface area contributed by atoms with Crippen LogP contribution in [0.1, 0.15) is 11.8 Å². The fourth-order valence-corrected chi connectivity index (χ4v) is 2.91. The molecular weight excluding hydrogens is 334 g/mol.